The number of quaternary nitrogens is 1. The maximum Gasteiger partial charge on any atom is 0.0780 e. The predicted octanol–water partition coefficient (Wildman–Crippen LogP) is 0.249. The zero-order chi connectivity index (χ0) is 10.0. The lowest BCUT2D eigenvalue weighted by Crippen LogP contribution is -2.35. The Labute approximate surface area is 75.6 Å². The molecule has 0 rings (SSSR count). The van der Waals surface area contributed by atoms with Gasteiger partial charge in [-0.15, -0.1) is 0 Å². The van der Waals surface area contributed by atoms with Gasteiger partial charge in [0.2, 0.25) is 0 Å². The fourth-order valence-electron chi connectivity index (χ4n) is 0.836. The van der Waals surface area contributed by atoms with Gasteiger partial charge in [0.05, 0.1) is 27.7 Å². The molecule has 0 amide bonds. The van der Waals surface area contributed by atoms with Crippen LogP contribution in [0.5, 0.6) is 0 Å². The van der Waals surface area contributed by atoms with Crippen LogP contribution < -0.4 is 5.11 Å². The Morgan fingerprint density at radius 3 is 1.92 bits per heavy atom. The summed E-state index contributed by atoms with van der Waals surface area (Å²) in [5, 5.41) is 8.25. The van der Waals surface area contributed by atoms with E-state index in [4.69, 9.17) is 9.90 Å². The van der Waals surface area contributed by atoms with Crippen molar-refractivity contribution in [2.75, 3.05) is 27.7 Å². The Morgan fingerprint density at radius 2 is 1.67 bits per heavy atom. The van der Waals surface area contributed by atoms with Gasteiger partial charge in [0, 0.05) is 6.47 Å². The lowest BCUT2D eigenvalue weighted by atomic mass is 10.2. The highest BCUT2D eigenvalue weighted by Gasteiger charge is 2.03. The molecule has 0 spiro atoms. The van der Waals surface area contributed by atoms with Crippen molar-refractivity contribution in [1.29, 1.82) is 0 Å². The monoisotopic (exact) mass is 175 g/mol. The van der Waals surface area contributed by atoms with Crippen LogP contribution in [0, 0.1) is 0 Å². The molecule has 0 aliphatic rings. The van der Waals surface area contributed by atoms with E-state index in [-0.39, 0.29) is 0 Å². The summed E-state index contributed by atoms with van der Waals surface area (Å²) < 4.78 is 1.11. The van der Waals surface area contributed by atoms with Gasteiger partial charge in [0.1, 0.15) is 0 Å². The first-order valence-electron chi connectivity index (χ1n) is 4.34. The molecule has 0 saturated carbocycles. The minimum absolute atomic E-state index is 0.500. The highest BCUT2D eigenvalue weighted by atomic mass is 16.3. The van der Waals surface area contributed by atoms with E-state index in [9.17, 15) is 0 Å². The number of carbonyl (C=O) groups is 1. The summed E-state index contributed by atoms with van der Waals surface area (Å²) in [6.07, 6.45) is 4.09. The van der Waals surface area contributed by atoms with Crippen molar-refractivity contribution in [3.63, 3.8) is 0 Å². The summed E-state index contributed by atoms with van der Waals surface area (Å²) in [4.78, 5) is 8.25. The Balaban J connectivity index is 0. The Morgan fingerprint density at radius 1 is 1.25 bits per heavy atom. The van der Waals surface area contributed by atoms with Gasteiger partial charge in [0.15, 0.2) is 0 Å². The molecule has 3 heteroatoms. The lowest BCUT2D eigenvalue weighted by molar-refractivity contribution is -0.870. The smallest absolute Gasteiger partial charge is 0.0780 e. The number of carbonyl (C=O) groups excluding carboxylic acids is 1. The number of nitrogens with zero attached hydrogens (tertiary/aromatic N) is 1. The fourth-order valence-corrected chi connectivity index (χ4v) is 0.836. The van der Waals surface area contributed by atoms with E-state index in [1.54, 1.807) is 0 Å². The molecule has 0 unspecified atom stereocenters. The van der Waals surface area contributed by atoms with E-state index in [2.05, 4.69) is 28.1 Å². The molecule has 0 aliphatic heterocycles. The Kier molecular flexibility index (Phi) is 9.93. The summed E-state index contributed by atoms with van der Waals surface area (Å²) in [7, 11) is 6.74. The first-order valence-corrected chi connectivity index (χ1v) is 4.34. The lowest BCUT2D eigenvalue weighted by Gasteiger charge is -2.23. The van der Waals surface area contributed by atoms with Gasteiger partial charge in [-0.05, 0) is 12.8 Å². The van der Waals surface area contributed by atoms with Crippen LogP contribution >= 0.6 is 0 Å². The topological polar surface area (TPSA) is 40.1 Å². The van der Waals surface area contributed by atoms with Crippen LogP contribution in [-0.4, -0.2) is 38.6 Å². The van der Waals surface area contributed by atoms with Crippen molar-refractivity contribution in [2.45, 2.75) is 26.2 Å². The minimum Gasteiger partial charge on any atom is -0.554 e. The van der Waals surface area contributed by atoms with Crippen LogP contribution in [0.4, 0.5) is 0 Å². The highest BCUT2D eigenvalue weighted by molar-refractivity contribution is 5.29. The van der Waals surface area contributed by atoms with Gasteiger partial charge in [0.25, 0.3) is 0 Å². The second-order valence-electron chi connectivity index (χ2n) is 3.82. The standard InChI is InChI=1S/C8H20N.CH2O2/c1-5-6-7-8-9(2,3)4;2-1-3/h5-8H2,1-4H3;1H,(H,2,3)/q+1;/p-1. The van der Waals surface area contributed by atoms with Crippen LogP contribution in [0.15, 0.2) is 0 Å². The van der Waals surface area contributed by atoms with Gasteiger partial charge in [-0.2, -0.15) is 0 Å². The summed E-state index contributed by atoms with van der Waals surface area (Å²) >= 11 is 0. The number of unbranched alkanes of at least 4 members (excludes halogenated alkanes) is 2. The quantitative estimate of drug-likeness (QED) is 0.349. The van der Waals surface area contributed by atoms with Crippen molar-refractivity contribution in [3.8, 4) is 0 Å². The van der Waals surface area contributed by atoms with E-state index in [0.717, 1.165) is 4.48 Å². The molecule has 0 heterocycles. The third-order valence-electron chi connectivity index (χ3n) is 1.43. The zero-order valence-electron chi connectivity index (χ0n) is 8.67. The third kappa shape index (κ3) is 22.7. The first-order chi connectivity index (χ1) is 5.47. The predicted molar refractivity (Wildman–Crippen MR) is 48.5 cm³/mol. The summed E-state index contributed by atoms with van der Waals surface area (Å²) in [5.74, 6) is 0. The zero-order valence-corrected chi connectivity index (χ0v) is 8.67. The maximum atomic E-state index is 8.25. The minimum atomic E-state index is -0.500. The normalized spacial score (nSPS) is 10.0. The van der Waals surface area contributed by atoms with Crippen molar-refractivity contribution in [3.05, 3.63) is 0 Å². The first kappa shape index (κ1) is 14.0. The van der Waals surface area contributed by atoms with Gasteiger partial charge < -0.3 is 14.4 Å². The molecule has 0 aliphatic carbocycles. The van der Waals surface area contributed by atoms with Gasteiger partial charge in [-0.3, -0.25) is 0 Å². The number of rotatable bonds is 4. The summed E-state index contributed by atoms with van der Waals surface area (Å²) in [5.41, 5.74) is 0. The largest absolute Gasteiger partial charge is 0.554 e. The Bertz CT molecular complexity index is 97.2. The summed E-state index contributed by atoms with van der Waals surface area (Å²) in [6, 6.07) is 0. The molecule has 74 valence electrons. The average molecular weight is 175 g/mol. The SMILES string of the molecule is CCCCC[N+](C)(C)C.O=C[O-]. The molecule has 12 heavy (non-hydrogen) atoms. The molecular formula is C9H21NO2. The second-order valence-corrected chi connectivity index (χ2v) is 3.82. The van der Waals surface area contributed by atoms with Crippen LogP contribution in [0.3, 0.4) is 0 Å². The van der Waals surface area contributed by atoms with Crippen molar-refractivity contribution < 1.29 is 14.4 Å². The van der Waals surface area contributed by atoms with Crippen molar-refractivity contribution in [1.82, 2.24) is 0 Å². The van der Waals surface area contributed by atoms with E-state index < -0.39 is 6.47 Å². The van der Waals surface area contributed by atoms with Gasteiger partial charge in [-0.1, -0.05) is 13.3 Å². The van der Waals surface area contributed by atoms with Gasteiger partial charge in [-0.25, -0.2) is 0 Å². The average Bonchev–Trinajstić information content (AvgIpc) is 1.87. The summed E-state index contributed by atoms with van der Waals surface area (Å²) in [6.45, 7) is 3.06. The molecule has 0 radical (unpaired) electrons. The molecular weight excluding hydrogens is 154 g/mol. The molecule has 0 aromatic heterocycles. The van der Waals surface area contributed by atoms with Crippen LogP contribution in [0.25, 0.3) is 0 Å². The number of hydrogen-bond acceptors (Lipinski definition) is 2. The van der Waals surface area contributed by atoms with Crippen LogP contribution in [0.2, 0.25) is 0 Å². The third-order valence-corrected chi connectivity index (χ3v) is 1.43. The fraction of sp³-hybridized carbons (Fsp3) is 0.889. The van der Waals surface area contributed by atoms with E-state index in [1.165, 1.54) is 25.8 Å². The van der Waals surface area contributed by atoms with Crippen molar-refractivity contribution >= 4 is 6.47 Å². The van der Waals surface area contributed by atoms with Gasteiger partial charge >= 0.3 is 0 Å². The maximum absolute atomic E-state index is 8.25. The highest BCUT2D eigenvalue weighted by Crippen LogP contribution is 1.98. The van der Waals surface area contributed by atoms with Crippen LogP contribution in [0.1, 0.15) is 26.2 Å². The van der Waals surface area contributed by atoms with E-state index in [1.807, 2.05) is 0 Å². The molecule has 0 bridgehead atoms. The molecule has 3 nitrogen and oxygen atoms in total. The second kappa shape index (κ2) is 8.53. The molecule has 0 fully saturated rings. The number of hydrogen-bond donors (Lipinski definition) is 0. The number of carboxylic acid groups (broad SMARTS) is 1. The molecule has 0 atom stereocenters. The van der Waals surface area contributed by atoms with E-state index in [0.29, 0.717) is 0 Å². The Hall–Kier alpha value is -0.570. The van der Waals surface area contributed by atoms with Crippen LogP contribution in [-0.2, 0) is 4.79 Å². The molecule has 0 saturated heterocycles. The molecule has 0 aromatic carbocycles. The molecule has 0 N–H and O–H groups in total. The van der Waals surface area contributed by atoms with Crippen molar-refractivity contribution in [2.24, 2.45) is 0 Å². The van der Waals surface area contributed by atoms with E-state index >= 15 is 0 Å². The molecule has 0 aromatic rings.